The van der Waals surface area contributed by atoms with Crippen LogP contribution in [0, 0.1) is 0 Å². The summed E-state index contributed by atoms with van der Waals surface area (Å²) in [5.74, 6) is -1.18. The maximum atomic E-state index is 12.2. The van der Waals surface area contributed by atoms with Crippen molar-refractivity contribution in [3.8, 4) is 0 Å². The highest BCUT2D eigenvalue weighted by Gasteiger charge is 2.46. The number of carbonyl (C=O) groups excluding carboxylic acids is 3. The van der Waals surface area contributed by atoms with Gasteiger partial charge in [-0.3, -0.25) is 19.3 Å². The number of fused-ring (bicyclic) bond motifs is 1. The fourth-order valence-electron chi connectivity index (χ4n) is 2.52. The van der Waals surface area contributed by atoms with Gasteiger partial charge in [-0.1, -0.05) is 12.1 Å². The predicted molar refractivity (Wildman–Crippen MR) is 69.0 cm³/mol. The summed E-state index contributed by atoms with van der Waals surface area (Å²) in [6.07, 6.45) is 0. The third kappa shape index (κ3) is 1.72. The Balaban J connectivity index is 1.84. The standard InChI is InChI=1S/C14H14N2O4/c1-8(12(18)15-6-9(15)7-17)16-13(19)10-4-2-3-5-11(10)14(16)20/h2-5,8-9,17H,6-7H2,1H3. The molecule has 0 aliphatic carbocycles. The van der Waals surface area contributed by atoms with Crippen LogP contribution in [0.1, 0.15) is 27.6 Å². The van der Waals surface area contributed by atoms with Crippen LogP contribution >= 0.6 is 0 Å². The van der Waals surface area contributed by atoms with E-state index in [1.54, 1.807) is 24.3 Å². The average Bonchev–Trinajstić information content (AvgIpc) is 3.21. The molecule has 1 N–H and O–H groups in total. The van der Waals surface area contributed by atoms with E-state index in [9.17, 15) is 14.4 Å². The highest BCUT2D eigenvalue weighted by atomic mass is 16.3. The molecular weight excluding hydrogens is 260 g/mol. The Morgan fingerprint density at radius 1 is 1.30 bits per heavy atom. The van der Waals surface area contributed by atoms with E-state index in [1.807, 2.05) is 0 Å². The first-order valence-corrected chi connectivity index (χ1v) is 6.44. The minimum Gasteiger partial charge on any atom is -0.394 e. The summed E-state index contributed by atoms with van der Waals surface area (Å²) < 4.78 is 0. The van der Waals surface area contributed by atoms with Crippen molar-refractivity contribution < 1.29 is 19.5 Å². The van der Waals surface area contributed by atoms with Crippen LogP contribution < -0.4 is 0 Å². The van der Waals surface area contributed by atoms with Crippen LogP contribution in [0.4, 0.5) is 0 Å². The number of aliphatic hydroxyl groups excluding tert-OH is 1. The lowest BCUT2D eigenvalue weighted by atomic mass is 10.1. The van der Waals surface area contributed by atoms with Gasteiger partial charge in [0.25, 0.3) is 11.8 Å². The van der Waals surface area contributed by atoms with Gasteiger partial charge in [-0.25, -0.2) is 0 Å². The molecule has 3 rings (SSSR count). The number of hydrogen-bond acceptors (Lipinski definition) is 4. The van der Waals surface area contributed by atoms with E-state index < -0.39 is 17.9 Å². The Morgan fingerprint density at radius 3 is 2.30 bits per heavy atom. The van der Waals surface area contributed by atoms with Gasteiger partial charge >= 0.3 is 0 Å². The number of imide groups is 1. The molecule has 1 aromatic carbocycles. The monoisotopic (exact) mass is 274 g/mol. The molecule has 2 heterocycles. The molecule has 3 amide bonds. The molecule has 1 aromatic rings. The van der Waals surface area contributed by atoms with Gasteiger partial charge < -0.3 is 10.0 Å². The van der Waals surface area contributed by atoms with Crippen molar-refractivity contribution in [2.45, 2.75) is 19.0 Å². The second-order valence-electron chi connectivity index (χ2n) is 5.03. The molecule has 2 unspecified atom stereocenters. The van der Waals surface area contributed by atoms with Crippen LogP contribution in [0.3, 0.4) is 0 Å². The third-order valence-corrected chi connectivity index (χ3v) is 3.78. The Bertz CT molecular complexity index is 578. The number of rotatable bonds is 3. The van der Waals surface area contributed by atoms with E-state index in [2.05, 4.69) is 0 Å². The van der Waals surface area contributed by atoms with E-state index >= 15 is 0 Å². The van der Waals surface area contributed by atoms with Crippen molar-refractivity contribution in [1.29, 1.82) is 0 Å². The summed E-state index contributed by atoms with van der Waals surface area (Å²) >= 11 is 0. The summed E-state index contributed by atoms with van der Waals surface area (Å²) in [5, 5.41) is 8.98. The van der Waals surface area contributed by atoms with Crippen LogP contribution in [0.25, 0.3) is 0 Å². The van der Waals surface area contributed by atoms with Gasteiger partial charge in [0.2, 0.25) is 5.91 Å². The van der Waals surface area contributed by atoms with Gasteiger partial charge in [-0.15, -0.1) is 0 Å². The first-order valence-electron chi connectivity index (χ1n) is 6.44. The Hall–Kier alpha value is -2.21. The fraction of sp³-hybridized carbons (Fsp3) is 0.357. The largest absolute Gasteiger partial charge is 0.394 e. The summed E-state index contributed by atoms with van der Waals surface area (Å²) in [6.45, 7) is 1.92. The van der Waals surface area contributed by atoms with Crippen LogP contribution in [0.15, 0.2) is 24.3 Å². The van der Waals surface area contributed by atoms with E-state index in [-0.39, 0.29) is 18.6 Å². The zero-order valence-corrected chi connectivity index (χ0v) is 10.9. The molecule has 1 fully saturated rings. The topological polar surface area (TPSA) is 77.7 Å². The first kappa shape index (κ1) is 12.8. The molecule has 1 saturated heterocycles. The Morgan fingerprint density at radius 2 is 1.85 bits per heavy atom. The molecule has 0 radical (unpaired) electrons. The van der Waals surface area contributed by atoms with Crippen LogP contribution in [0.2, 0.25) is 0 Å². The predicted octanol–water partition coefficient (Wildman–Crippen LogP) is -0.126. The van der Waals surface area contributed by atoms with Crippen molar-refractivity contribution in [1.82, 2.24) is 9.80 Å². The zero-order valence-electron chi connectivity index (χ0n) is 10.9. The second-order valence-corrected chi connectivity index (χ2v) is 5.03. The molecule has 2 aliphatic rings. The summed E-state index contributed by atoms with van der Waals surface area (Å²) in [6, 6.07) is 5.51. The highest BCUT2D eigenvalue weighted by Crippen LogP contribution is 2.27. The van der Waals surface area contributed by atoms with E-state index in [0.717, 1.165) is 4.90 Å². The fourth-order valence-corrected chi connectivity index (χ4v) is 2.52. The summed E-state index contributed by atoms with van der Waals surface area (Å²) in [4.78, 5) is 39.1. The van der Waals surface area contributed by atoms with E-state index in [0.29, 0.717) is 17.7 Å². The van der Waals surface area contributed by atoms with Crippen molar-refractivity contribution >= 4 is 17.7 Å². The van der Waals surface area contributed by atoms with Gasteiger partial charge in [0.15, 0.2) is 0 Å². The lowest BCUT2D eigenvalue weighted by Crippen LogP contribution is -2.45. The maximum absolute atomic E-state index is 12.2. The Labute approximate surface area is 115 Å². The number of hydrogen-bond donors (Lipinski definition) is 1. The van der Waals surface area contributed by atoms with Gasteiger partial charge in [0.05, 0.1) is 23.8 Å². The first-order chi connectivity index (χ1) is 9.56. The highest BCUT2D eigenvalue weighted by molar-refractivity contribution is 6.22. The number of benzene rings is 1. The molecular formula is C14H14N2O4. The van der Waals surface area contributed by atoms with Crippen LogP contribution in [0.5, 0.6) is 0 Å². The molecule has 6 heteroatoms. The van der Waals surface area contributed by atoms with Gasteiger partial charge in [0.1, 0.15) is 6.04 Å². The molecule has 0 bridgehead atoms. The number of nitrogens with zero attached hydrogens (tertiary/aromatic N) is 2. The van der Waals surface area contributed by atoms with Gasteiger partial charge in [-0.2, -0.15) is 0 Å². The summed E-state index contributed by atoms with van der Waals surface area (Å²) in [7, 11) is 0. The second kappa shape index (κ2) is 4.42. The normalized spacial score (nSPS) is 22.0. The number of aliphatic hydroxyl groups is 1. The van der Waals surface area contributed by atoms with Crippen molar-refractivity contribution in [3.05, 3.63) is 35.4 Å². The average molecular weight is 274 g/mol. The smallest absolute Gasteiger partial charge is 0.262 e. The lowest BCUT2D eigenvalue weighted by molar-refractivity contribution is -0.130. The zero-order chi connectivity index (χ0) is 14.4. The minimum absolute atomic E-state index is 0.0966. The SMILES string of the molecule is CC(C(=O)N1CC1CO)N1C(=O)c2ccccc2C1=O. The van der Waals surface area contributed by atoms with Gasteiger partial charge in [-0.05, 0) is 19.1 Å². The molecule has 20 heavy (non-hydrogen) atoms. The van der Waals surface area contributed by atoms with Crippen molar-refractivity contribution in [2.75, 3.05) is 13.2 Å². The van der Waals surface area contributed by atoms with Gasteiger partial charge in [0, 0.05) is 6.54 Å². The molecule has 0 spiro atoms. The van der Waals surface area contributed by atoms with E-state index in [4.69, 9.17) is 5.11 Å². The molecule has 2 atom stereocenters. The Kier molecular flexibility index (Phi) is 2.83. The number of carbonyl (C=O) groups is 3. The van der Waals surface area contributed by atoms with Crippen LogP contribution in [-0.2, 0) is 4.79 Å². The molecule has 0 aromatic heterocycles. The molecule has 6 nitrogen and oxygen atoms in total. The van der Waals surface area contributed by atoms with Crippen molar-refractivity contribution in [2.24, 2.45) is 0 Å². The molecule has 0 saturated carbocycles. The minimum atomic E-state index is -0.848. The number of amides is 3. The molecule has 2 aliphatic heterocycles. The third-order valence-electron chi connectivity index (χ3n) is 3.78. The quantitative estimate of drug-likeness (QED) is 0.615. The van der Waals surface area contributed by atoms with Crippen molar-refractivity contribution in [3.63, 3.8) is 0 Å². The van der Waals surface area contributed by atoms with Crippen LogP contribution in [-0.4, -0.2) is 57.9 Å². The summed E-state index contributed by atoms with van der Waals surface area (Å²) in [5.41, 5.74) is 0.670. The lowest BCUT2D eigenvalue weighted by Gasteiger charge is -2.21. The molecule has 104 valence electrons. The van der Waals surface area contributed by atoms with E-state index in [1.165, 1.54) is 11.8 Å². The maximum Gasteiger partial charge on any atom is 0.262 e.